The summed E-state index contributed by atoms with van der Waals surface area (Å²) in [6.45, 7) is 5.70. The maximum atomic E-state index is 12.1. The van der Waals surface area contributed by atoms with Gasteiger partial charge in [-0.3, -0.25) is 20.0 Å². The number of nitrogens with one attached hydrogen (secondary N) is 2. The standard InChI is InChI=1S/C20H42N4O2/c1-3-5-7-9-11-13-15-17-22-24(20(26)19(25)23-21)18-16-14-12-10-8-6-4-2/h22H,3-18,21H2,1-2H3,(H,23,25). The van der Waals surface area contributed by atoms with Gasteiger partial charge in [0.05, 0.1) is 0 Å². The van der Waals surface area contributed by atoms with E-state index in [9.17, 15) is 9.59 Å². The molecule has 0 aliphatic rings. The van der Waals surface area contributed by atoms with Crippen LogP contribution in [0, 0.1) is 0 Å². The number of unbranched alkanes of at least 4 members (excludes halogenated alkanes) is 12. The van der Waals surface area contributed by atoms with Crippen molar-refractivity contribution in [1.82, 2.24) is 15.9 Å². The molecular weight excluding hydrogens is 328 g/mol. The van der Waals surface area contributed by atoms with Crippen molar-refractivity contribution in [2.75, 3.05) is 13.1 Å². The van der Waals surface area contributed by atoms with Crippen LogP contribution in [0.2, 0.25) is 0 Å². The SMILES string of the molecule is CCCCCCCCCNN(CCCCCCCCC)C(=O)C(=O)NN. The van der Waals surface area contributed by atoms with Crippen LogP contribution in [0.15, 0.2) is 0 Å². The number of amides is 2. The highest BCUT2D eigenvalue weighted by Gasteiger charge is 2.20. The number of carbonyl (C=O) groups excluding carboxylic acids is 2. The summed E-state index contributed by atoms with van der Waals surface area (Å²) >= 11 is 0. The third kappa shape index (κ3) is 14.1. The first-order valence-electron chi connectivity index (χ1n) is 10.7. The van der Waals surface area contributed by atoms with Crippen LogP contribution in [0.4, 0.5) is 0 Å². The molecule has 4 N–H and O–H groups in total. The van der Waals surface area contributed by atoms with Gasteiger partial charge in [0, 0.05) is 13.1 Å². The van der Waals surface area contributed by atoms with Crippen molar-refractivity contribution in [3.8, 4) is 0 Å². The van der Waals surface area contributed by atoms with Crippen molar-refractivity contribution < 1.29 is 9.59 Å². The Balaban J connectivity index is 3.97. The Morgan fingerprint density at radius 1 is 0.731 bits per heavy atom. The smallest absolute Gasteiger partial charge is 0.286 e. The predicted octanol–water partition coefficient (Wildman–Crippen LogP) is 3.81. The highest BCUT2D eigenvalue weighted by molar-refractivity contribution is 6.34. The van der Waals surface area contributed by atoms with E-state index in [0.717, 1.165) is 25.7 Å². The molecule has 0 rings (SSSR count). The van der Waals surface area contributed by atoms with Crippen molar-refractivity contribution >= 4 is 11.8 Å². The van der Waals surface area contributed by atoms with Crippen molar-refractivity contribution in [3.05, 3.63) is 0 Å². The normalized spacial score (nSPS) is 10.7. The molecule has 0 atom stereocenters. The van der Waals surface area contributed by atoms with E-state index in [-0.39, 0.29) is 0 Å². The number of hydrazine groups is 2. The fraction of sp³-hybridized carbons (Fsp3) is 0.900. The van der Waals surface area contributed by atoms with E-state index in [1.807, 2.05) is 5.43 Å². The Labute approximate surface area is 160 Å². The minimum atomic E-state index is -0.764. The topological polar surface area (TPSA) is 87.5 Å². The van der Waals surface area contributed by atoms with Gasteiger partial charge in [0.25, 0.3) is 0 Å². The van der Waals surface area contributed by atoms with Crippen molar-refractivity contribution in [2.45, 2.75) is 104 Å². The summed E-state index contributed by atoms with van der Waals surface area (Å²) in [6.07, 6.45) is 16.8. The Morgan fingerprint density at radius 2 is 1.19 bits per heavy atom. The van der Waals surface area contributed by atoms with Gasteiger partial charge < -0.3 is 0 Å². The molecule has 0 bridgehead atoms. The quantitative estimate of drug-likeness (QED) is 0.119. The third-order valence-corrected chi connectivity index (χ3v) is 4.64. The fourth-order valence-corrected chi connectivity index (χ4v) is 2.96. The van der Waals surface area contributed by atoms with Crippen LogP contribution in [0.1, 0.15) is 104 Å². The minimum Gasteiger partial charge on any atom is -0.286 e. The van der Waals surface area contributed by atoms with Gasteiger partial charge in [-0.2, -0.15) is 0 Å². The first kappa shape index (κ1) is 24.9. The van der Waals surface area contributed by atoms with Gasteiger partial charge in [-0.25, -0.2) is 11.3 Å². The number of hydrogen-bond donors (Lipinski definition) is 3. The molecule has 6 nitrogen and oxygen atoms in total. The van der Waals surface area contributed by atoms with E-state index in [0.29, 0.717) is 13.1 Å². The zero-order chi connectivity index (χ0) is 19.5. The van der Waals surface area contributed by atoms with Crippen LogP contribution >= 0.6 is 0 Å². The molecule has 0 spiro atoms. The number of rotatable bonds is 17. The number of carbonyl (C=O) groups is 2. The van der Waals surface area contributed by atoms with Crippen LogP contribution in [-0.2, 0) is 9.59 Å². The first-order chi connectivity index (χ1) is 12.7. The molecule has 0 saturated carbocycles. The first-order valence-corrected chi connectivity index (χ1v) is 10.7. The third-order valence-electron chi connectivity index (χ3n) is 4.64. The van der Waals surface area contributed by atoms with E-state index < -0.39 is 11.8 Å². The molecule has 0 aliphatic carbocycles. The monoisotopic (exact) mass is 370 g/mol. The van der Waals surface area contributed by atoms with Gasteiger partial charge in [-0.1, -0.05) is 90.9 Å². The summed E-state index contributed by atoms with van der Waals surface area (Å²) < 4.78 is 0. The molecule has 0 fully saturated rings. The Morgan fingerprint density at radius 3 is 1.69 bits per heavy atom. The maximum absolute atomic E-state index is 12.1. The summed E-state index contributed by atoms with van der Waals surface area (Å²) in [5.41, 5.74) is 5.05. The average Bonchev–Trinajstić information content (AvgIpc) is 2.66. The van der Waals surface area contributed by atoms with E-state index >= 15 is 0 Å². The van der Waals surface area contributed by atoms with Gasteiger partial charge in [-0.15, -0.1) is 0 Å². The molecule has 0 heterocycles. The second-order valence-electron chi connectivity index (χ2n) is 7.08. The largest absolute Gasteiger partial charge is 0.327 e. The summed E-state index contributed by atoms with van der Waals surface area (Å²) in [5, 5.41) is 1.44. The van der Waals surface area contributed by atoms with Gasteiger partial charge in [0.15, 0.2) is 0 Å². The van der Waals surface area contributed by atoms with E-state index in [2.05, 4.69) is 19.3 Å². The van der Waals surface area contributed by atoms with Crippen molar-refractivity contribution in [2.24, 2.45) is 5.84 Å². The second kappa shape index (κ2) is 18.6. The van der Waals surface area contributed by atoms with E-state index in [1.54, 1.807) is 0 Å². The van der Waals surface area contributed by atoms with Crippen LogP contribution in [-0.4, -0.2) is 29.9 Å². The number of nitrogens with zero attached hydrogens (tertiary/aromatic N) is 1. The predicted molar refractivity (Wildman–Crippen MR) is 108 cm³/mol. The molecule has 2 amide bonds. The van der Waals surface area contributed by atoms with E-state index in [4.69, 9.17) is 5.84 Å². The molecule has 26 heavy (non-hydrogen) atoms. The van der Waals surface area contributed by atoms with Crippen LogP contribution in [0.25, 0.3) is 0 Å². The lowest BCUT2D eigenvalue weighted by molar-refractivity contribution is -0.148. The van der Waals surface area contributed by atoms with E-state index in [1.165, 1.54) is 69.2 Å². The number of hydrogen-bond acceptors (Lipinski definition) is 4. The lowest BCUT2D eigenvalue weighted by Gasteiger charge is -2.22. The van der Waals surface area contributed by atoms with Crippen LogP contribution in [0.5, 0.6) is 0 Å². The average molecular weight is 371 g/mol. The molecule has 0 aromatic heterocycles. The lowest BCUT2D eigenvalue weighted by atomic mass is 10.1. The Kier molecular flexibility index (Phi) is 17.8. The number of nitrogens with two attached hydrogens (primary N) is 1. The summed E-state index contributed by atoms with van der Waals surface area (Å²) in [7, 11) is 0. The summed E-state index contributed by atoms with van der Waals surface area (Å²) in [6, 6.07) is 0. The Bertz CT molecular complexity index is 351. The molecule has 0 radical (unpaired) electrons. The second-order valence-corrected chi connectivity index (χ2v) is 7.08. The maximum Gasteiger partial charge on any atom is 0.327 e. The molecule has 154 valence electrons. The summed E-state index contributed by atoms with van der Waals surface area (Å²) in [4.78, 5) is 23.6. The molecule has 0 aromatic rings. The van der Waals surface area contributed by atoms with Crippen molar-refractivity contribution in [1.29, 1.82) is 0 Å². The van der Waals surface area contributed by atoms with Gasteiger partial charge >= 0.3 is 11.8 Å². The molecule has 6 heteroatoms. The van der Waals surface area contributed by atoms with Crippen LogP contribution in [0.3, 0.4) is 0 Å². The van der Waals surface area contributed by atoms with Gasteiger partial charge in [0.1, 0.15) is 0 Å². The fourth-order valence-electron chi connectivity index (χ4n) is 2.96. The molecule has 0 aliphatic heterocycles. The van der Waals surface area contributed by atoms with Crippen molar-refractivity contribution in [3.63, 3.8) is 0 Å². The zero-order valence-corrected chi connectivity index (χ0v) is 17.2. The minimum absolute atomic E-state index is 0.552. The lowest BCUT2D eigenvalue weighted by Crippen LogP contribution is -2.51. The zero-order valence-electron chi connectivity index (χ0n) is 17.2. The van der Waals surface area contributed by atoms with Crippen LogP contribution < -0.4 is 16.7 Å². The molecule has 0 saturated heterocycles. The van der Waals surface area contributed by atoms with Gasteiger partial charge in [-0.05, 0) is 12.8 Å². The van der Waals surface area contributed by atoms with Gasteiger partial charge in [0.2, 0.25) is 0 Å². The summed E-state index contributed by atoms with van der Waals surface area (Å²) in [5.74, 6) is 3.73. The molecule has 0 unspecified atom stereocenters. The molecule has 0 aromatic carbocycles. The molecular formula is C20H42N4O2. The highest BCUT2D eigenvalue weighted by atomic mass is 16.2. The highest BCUT2D eigenvalue weighted by Crippen LogP contribution is 2.08. The Hall–Kier alpha value is -1.14.